The maximum Gasteiger partial charge on any atom is 0.416 e. The molecule has 0 atom stereocenters. The maximum atomic E-state index is 12.4. The molecule has 0 aromatic heterocycles. The summed E-state index contributed by atoms with van der Waals surface area (Å²) in [7, 11) is 0. The zero-order chi connectivity index (χ0) is 14.1. The molecule has 0 unspecified atom stereocenters. The van der Waals surface area contributed by atoms with E-state index in [1.165, 1.54) is 37.8 Å². The smallest absolute Gasteiger partial charge is 0.166 e. The van der Waals surface area contributed by atoms with E-state index >= 15 is 0 Å². The lowest BCUT2D eigenvalue weighted by atomic mass is 10.1. The molecular formula is C16H21F3. The Kier molecular flexibility index (Phi) is 6.68. The summed E-state index contributed by atoms with van der Waals surface area (Å²) in [4.78, 5) is 0. The largest absolute Gasteiger partial charge is 0.416 e. The summed E-state index contributed by atoms with van der Waals surface area (Å²) in [6.07, 6.45) is 6.83. The highest BCUT2D eigenvalue weighted by molar-refractivity contribution is 5.49. The van der Waals surface area contributed by atoms with Gasteiger partial charge in [0.1, 0.15) is 0 Å². The lowest BCUT2D eigenvalue weighted by Gasteiger charge is -2.05. The minimum Gasteiger partial charge on any atom is -0.166 e. The van der Waals surface area contributed by atoms with Gasteiger partial charge >= 0.3 is 6.18 Å². The van der Waals surface area contributed by atoms with Crippen LogP contribution in [0.5, 0.6) is 0 Å². The molecule has 0 heterocycles. The van der Waals surface area contributed by atoms with Gasteiger partial charge in [-0.2, -0.15) is 13.2 Å². The molecule has 19 heavy (non-hydrogen) atoms. The summed E-state index contributed by atoms with van der Waals surface area (Å²) >= 11 is 0. The predicted molar refractivity (Wildman–Crippen MR) is 73.9 cm³/mol. The first-order chi connectivity index (χ1) is 9.04. The normalized spacial score (nSPS) is 12.2. The van der Waals surface area contributed by atoms with Crippen LogP contribution >= 0.6 is 0 Å². The van der Waals surface area contributed by atoms with Gasteiger partial charge in [0.2, 0.25) is 0 Å². The summed E-state index contributed by atoms with van der Waals surface area (Å²) in [5.74, 6) is 0. The van der Waals surface area contributed by atoms with Crippen LogP contribution in [0, 0.1) is 0 Å². The van der Waals surface area contributed by atoms with Crippen molar-refractivity contribution in [3.63, 3.8) is 0 Å². The Bertz CT molecular complexity index is 374. The molecule has 1 aromatic rings. The lowest BCUT2D eigenvalue weighted by molar-refractivity contribution is -0.137. The Morgan fingerprint density at radius 2 is 1.58 bits per heavy atom. The Balaban J connectivity index is 2.33. The second kappa shape index (κ2) is 8.03. The molecule has 1 aromatic carbocycles. The third-order valence-corrected chi connectivity index (χ3v) is 3.02. The number of hydrogen-bond donors (Lipinski definition) is 0. The second-order valence-corrected chi connectivity index (χ2v) is 4.73. The van der Waals surface area contributed by atoms with Crippen molar-refractivity contribution in [3.8, 4) is 0 Å². The van der Waals surface area contributed by atoms with Gasteiger partial charge in [-0.25, -0.2) is 0 Å². The first-order valence-corrected chi connectivity index (χ1v) is 6.88. The summed E-state index contributed by atoms with van der Waals surface area (Å²) in [6.45, 7) is 2.19. The van der Waals surface area contributed by atoms with Crippen molar-refractivity contribution >= 4 is 6.08 Å². The summed E-state index contributed by atoms with van der Waals surface area (Å²) in [6, 6.07) is 5.27. The molecule has 0 bridgehead atoms. The molecule has 0 radical (unpaired) electrons. The molecule has 0 spiro atoms. The number of alkyl halides is 3. The van der Waals surface area contributed by atoms with Crippen LogP contribution in [0.15, 0.2) is 30.3 Å². The average Bonchev–Trinajstić information content (AvgIpc) is 2.37. The Labute approximate surface area is 113 Å². The Morgan fingerprint density at radius 1 is 0.947 bits per heavy atom. The van der Waals surface area contributed by atoms with Crippen LogP contribution in [0.4, 0.5) is 13.2 Å². The van der Waals surface area contributed by atoms with E-state index in [1.807, 2.05) is 12.2 Å². The number of halogens is 3. The van der Waals surface area contributed by atoms with Crippen LogP contribution in [-0.4, -0.2) is 0 Å². The van der Waals surface area contributed by atoms with E-state index in [1.54, 1.807) is 0 Å². The molecule has 106 valence electrons. The van der Waals surface area contributed by atoms with E-state index in [2.05, 4.69) is 6.92 Å². The lowest BCUT2D eigenvalue weighted by Crippen LogP contribution is -2.03. The van der Waals surface area contributed by atoms with Crippen LogP contribution in [0.3, 0.4) is 0 Å². The quantitative estimate of drug-likeness (QED) is 0.527. The number of benzene rings is 1. The van der Waals surface area contributed by atoms with Gasteiger partial charge in [-0.15, -0.1) is 0 Å². The van der Waals surface area contributed by atoms with Gasteiger partial charge in [-0.3, -0.25) is 0 Å². The van der Waals surface area contributed by atoms with E-state index in [0.29, 0.717) is 0 Å². The SMILES string of the molecule is CCCCCCC/C=C/c1ccc(C(F)(F)F)cc1. The monoisotopic (exact) mass is 270 g/mol. The topological polar surface area (TPSA) is 0 Å². The standard InChI is InChI=1S/C16H21F3/c1-2-3-4-5-6-7-8-9-14-10-12-15(13-11-14)16(17,18)19/h8-13H,2-7H2,1H3/b9-8+. The minimum atomic E-state index is -4.25. The molecule has 0 amide bonds. The molecule has 0 aliphatic heterocycles. The molecule has 0 N–H and O–H groups in total. The van der Waals surface area contributed by atoms with Crippen LogP contribution in [0.25, 0.3) is 6.08 Å². The van der Waals surface area contributed by atoms with Crippen LogP contribution in [0.1, 0.15) is 56.6 Å². The van der Waals surface area contributed by atoms with E-state index in [0.717, 1.165) is 30.5 Å². The zero-order valence-electron chi connectivity index (χ0n) is 11.3. The average molecular weight is 270 g/mol. The van der Waals surface area contributed by atoms with Crippen molar-refractivity contribution in [3.05, 3.63) is 41.5 Å². The Hall–Kier alpha value is -1.25. The fourth-order valence-corrected chi connectivity index (χ4v) is 1.87. The first-order valence-electron chi connectivity index (χ1n) is 6.88. The number of hydrogen-bond acceptors (Lipinski definition) is 0. The molecule has 0 nitrogen and oxygen atoms in total. The number of allylic oxidation sites excluding steroid dienone is 1. The van der Waals surface area contributed by atoms with Crippen LogP contribution < -0.4 is 0 Å². The van der Waals surface area contributed by atoms with E-state index in [-0.39, 0.29) is 0 Å². The molecule has 0 saturated heterocycles. The highest BCUT2D eigenvalue weighted by Crippen LogP contribution is 2.29. The molecule has 0 aliphatic carbocycles. The van der Waals surface area contributed by atoms with E-state index in [9.17, 15) is 13.2 Å². The van der Waals surface area contributed by atoms with Gasteiger partial charge in [0.25, 0.3) is 0 Å². The second-order valence-electron chi connectivity index (χ2n) is 4.73. The fourth-order valence-electron chi connectivity index (χ4n) is 1.87. The van der Waals surface area contributed by atoms with Crippen LogP contribution in [-0.2, 0) is 6.18 Å². The van der Waals surface area contributed by atoms with E-state index < -0.39 is 11.7 Å². The maximum absolute atomic E-state index is 12.4. The van der Waals surface area contributed by atoms with Crippen molar-refractivity contribution in [1.82, 2.24) is 0 Å². The number of unbranched alkanes of at least 4 members (excludes halogenated alkanes) is 5. The molecular weight excluding hydrogens is 249 g/mol. The van der Waals surface area contributed by atoms with Crippen molar-refractivity contribution in [2.24, 2.45) is 0 Å². The highest BCUT2D eigenvalue weighted by atomic mass is 19.4. The summed E-state index contributed by atoms with van der Waals surface area (Å²) in [5, 5.41) is 0. The first kappa shape index (κ1) is 15.8. The van der Waals surface area contributed by atoms with Gasteiger partial charge in [0.15, 0.2) is 0 Å². The molecule has 1 rings (SSSR count). The minimum absolute atomic E-state index is 0.593. The zero-order valence-corrected chi connectivity index (χ0v) is 11.3. The van der Waals surface area contributed by atoms with Crippen molar-refractivity contribution in [2.75, 3.05) is 0 Å². The molecule has 0 saturated carbocycles. The molecule has 0 fully saturated rings. The van der Waals surface area contributed by atoms with Gasteiger partial charge in [0.05, 0.1) is 5.56 Å². The summed E-state index contributed by atoms with van der Waals surface area (Å²) < 4.78 is 37.1. The van der Waals surface area contributed by atoms with Crippen molar-refractivity contribution in [2.45, 2.75) is 51.6 Å². The summed E-state index contributed by atoms with van der Waals surface area (Å²) in [5.41, 5.74) is 0.228. The third kappa shape index (κ3) is 6.46. The Morgan fingerprint density at radius 3 is 2.16 bits per heavy atom. The van der Waals surface area contributed by atoms with Crippen molar-refractivity contribution in [1.29, 1.82) is 0 Å². The van der Waals surface area contributed by atoms with E-state index in [4.69, 9.17) is 0 Å². The van der Waals surface area contributed by atoms with Gasteiger partial charge < -0.3 is 0 Å². The molecule has 3 heteroatoms. The predicted octanol–water partition coefficient (Wildman–Crippen LogP) is 6.08. The number of rotatable bonds is 7. The van der Waals surface area contributed by atoms with Gasteiger partial charge in [-0.1, -0.05) is 56.9 Å². The molecule has 0 aliphatic rings. The van der Waals surface area contributed by atoms with Crippen LogP contribution in [0.2, 0.25) is 0 Å². The highest BCUT2D eigenvalue weighted by Gasteiger charge is 2.29. The third-order valence-electron chi connectivity index (χ3n) is 3.02. The van der Waals surface area contributed by atoms with Gasteiger partial charge in [0, 0.05) is 0 Å². The van der Waals surface area contributed by atoms with Crippen molar-refractivity contribution < 1.29 is 13.2 Å². The fraction of sp³-hybridized carbons (Fsp3) is 0.500. The van der Waals surface area contributed by atoms with Gasteiger partial charge in [-0.05, 0) is 30.5 Å².